The first-order valence-electron chi connectivity index (χ1n) is 15.7. The SMILES string of the molecule is OCCOCCN(CCOCCO)c1ccc(C(=C2C=CC(=[N+](CCOCCO)CCOCCO)C=C2)c2cccc(I)c2)cc1. The lowest BCUT2D eigenvalue weighted by Crippen LogP contribution is -2.31. The molecule has 0 heterocycles. The summed E-state index contributed by atoms with van der Waals surface area (Å²) in [6.45, 7) is 5.63. The van der Waals surface area contributed by atoms with Gasteiger partial charge >= 0.3 is 0 Å². The highest BCUT2D eigenvalue weighted by Gasteiger charge is 2.17. The Morgan fingerprint density at radius 2 is 1.13 bits per heavy atom. The highest BCUT2D eigenvalue weighted by atomic mass is 127. The second kappa shape index (κ2) is 23.0. The van der Waals surface area contributed by atoms with Gasteiger partial charge in [0.25, 0.3) is 0 Å². The van der Waals surface area contributed by atoms with Gasteiger partial charge in [-0.25, -0.2) is 4.58 Å². The summed E-state index contributed by atoms with van der Waals surface area (Å²) >= 11 is 2.34. The zero-order chi connectivity index (χ0) is 32.8. The van der Waals surface area contributed by atoms with E-state index in [1.807, 2.05) is 0 Å². The fourth-order valence-electron chi connectivity index (χ4n) is 4.93. The number of hydrogen-bond donors (Lipinski definition) is 4. The fourth-order valence-corrected chi connectivity index (χ4v) is 5.47. The van der Waals surface area contributed by atoms with Crippen LogP contribution in [0.4, 0.5) is 5.69 Å². The van der Waals surface area contributed by atoms with Crippen LogP contribution in [0.25, 0.3) is 5.57 Å². The van der Waals surface area contributed by atoms with Crippen LogP contribution in [0.1, 0.15) is 11.1 Å². The molecule has 252 valence electrons. The quantitative estimate of drug-likeness (QED) is 0.0772. The standard InChI is InChI=1S/C35H48IN2O8/c36-32-3-1-2-31(28-32)35(29-4-8-33(9-5-29)37(12-20-43-24-16-39)13-21-44-25-17-40)30-6-10-34(11-7-30)38(14-22-45-26-18-41)15-23-46-27-19-42/h1-11,28,39-42H,12-27H2/q+1. The minimum absolute atomic E-state index is 0.0115. The first-order chi connectivity index (χ1) is 22.6. The van der Waals surface area contributed by atoms with Gasteiger partial charge in [-0.2, -0.15) is 0 Å². The Hall–Kier alpha value is -2.46. The molecule has 0 fully saturated rings. The molecule has 0 bridgehead atoms. The Morgan fingerprint density at radius 1 is 0.609 bits per heavy atom. The molecular weight excluding hydrogens is 703 g/mol. The maximum absolute atomic E-state index is 9.07. The van der Waals surface area contributed by atoms with Crippen molar-refractivity contribution in [2.45, 2.75) is 0 Å². The van der Waals surface area contributed by atoms with E-state index in [4.69, 9.17) is 39.4 Å². The van der Waals surface area contributed by atoms with Crippen LogP contribution in [0.3, 0.4) is 0 Å². The van der Waals surface area contributed by atoms with Crippen LogP contribution < -0.4 is 4.90 Å². The lowest BCUT2D eigenvalue weighted by molar-refractivity contribution is -0.532. The van der Waals surface area contributed by atoms with Gasteiger partial charge in [0.2, 0.25) is 0 Å². The first kappa shape index (κ1) is 38.0. The summed E-state index contributed by atoms with van der Waals surface area (Å²) < 4.78 is 25.4. The normalized spacial score (nSPS) is 12.6. The summed E-state index contributed by atoms with van der Waals surface area (Å²) in [6, 6.07) is 17.0. The molecule has 4 N–H and O–H groups in total. The van der Waals surface area contributed by atoms with Crippen molar-refractivity contribution in [1.82, 2.24) is 0 Å². The molecule has 2 aromatic carbocycles. The molecule has 2 aromatic rings. The van der Waals surface area contributed by atoms with E-state index in [2.05, 4.69) is 105 Å². The molecule has 0 unspecified atom stereocenters. The van der Waals surface area contributed by atoms with E-state index in [1.165, 1.54) is 0 Å². The van der Waals surface area contributed by atoms with Gasteiger partial charge in [0.15, 0.2) is 18.8 Å². The fraction of sp³-hybridized carbons (Fsp3) is 0.457. The van der Waals surface area contributed by atoms with E-state index in [1.54, 1.807) is 0 Å². The summed E-state index contributed by atoms with van der Waals surface area (Å²) in [5.41, 5.74) is 6.46. The van der Waals surface area contributed by atoms with Crippen molar-refractivity contribution in [3.8, 4) is 0 Å². The van der Waals surface area contributed by atoms with Gasteiger partial charge in [0.05, 0.1) is 66.1 Å². The molecule has 0 spiro atoms. The molecule has 1 aliphatic rings. The Bertz CT molecular complexity index is 1240. The number of aliphatic hydroxyl groups excluding tert-OH is 4. The van der Waals surface area contributed by atoms with Gasteiger partial charge in [0, 0.05) is 34.5 Å². The molecular formula is C35H48IN2O8+. The van der Waals surface area contributed by atoms with Crippen molar-refractivity contribution in [3.05, 3.63) is 93.1 Å². The molecule has 0 aromatic heterocycles. The summed E-state index contributed by atoms with van der Waals surface area (Å²) in [6.07, 6.45) is 8.49. The van der Waals surface area contributed by atoms with E-state index >= 15 is 0 Å². The summed E-state index contributed by atoms with van der Waals surface area (Å²) in [5, 5.41) is 36.3. The average Bonchev–Trinajstić information content (AvgIpc) is 3.08. The number of rotatable bonds is 23. The lowest BCUT2D eigenvalue weighted by atomic mass is 9.90. The van der Waals surface area contributed by atoms with Gasteiger partial charge in [0.1, 0.15) is 13.2 Å². The van der Waals surface area contributed by atoms with E-state index in [-0.39, 0.29) is 26.4 Å². The highest BCUT2D eigenvalue weighted by molar-refractivity contribution is 14.1. The van der Waals surface area contributed by atoms with Crippen molar-refractivity contribution in [3.63, 3.8) is 0 Å². The highest BCUT2D eigenvalue weighted by Crippen LogP contribution is 2.32. The van der Waals surface area contributed by atoms with Crippen LogP contribution >= 0.6 is 22.6 Å². The summed E-state index contributed by atoms with van der Waals surface area (Å²) in [5.74, 6) is 0. The third kappa shape index (κ3) is 13.3. The monoisotopic (exact) mass is 751 g/mol. The Labute approximate surface area is 286 Å². The topological polar surface area (TPSA) is 124 Å². The molecule has 0 atom stereocenters. The van der Waals surface area contributed by atoms with Crippen LogP contribution in [0, 0.1) is 3.57 Å². The summed E-state index contributed by atoms with van der Waals surface area (Å²) in [7, 11) is 0. The Balaban J connectivity index is 1.91. The number of halogens is 1. The number of anilines is 1. The van der Waals surface area contributed by atoms with Gasteiger partial charge in [-0.1, -0.05) is 24.3 Å². The lowest BCUT2D eigenvalue weighted by Gasteiger charge is -2.25. The molecule has 3 rings (SSSR count). The zero-order valence-electron chi connectivity index (χ0n) is 26.4. The molecule has 0 saturated heterocycles. The van der Waals surface area contributed by atoms with Gasteiger partial charge in [-0.15, -0.1) is 0 Å². The minimum Gasteiger partial charge on any atom is -0.394 e. The molecule has 46 heavy (non-hydrogen) atoms. The molecule has 0 aliphatic heterocycles. The van der Waals surface area contributed by atoms with Crippen molar-refractivity contribution < 1.29 is 43.9 Å². The first-order valence-corrected chi connectivity index (χ1v) is 16.8. The minimum atomic E-state index is -0.0115. The largest absolute Gasteiger partial charge is 0.394 e. The number of aliphatic hydroxyl groups is 4. The zero-order valence-corrected chi connectivity index (χ0v) is 28.6. The Morgan fingerprint density at radius 3 is 1.63 bits per heavy atom. The van der Waals surface area contributed by atoms with Gasteiger partial charge in [-0.3, -0.25) is 0 Å². The molecule has 0 amide bonds. The number of allylic oxidation sites excluding steroid dienone is 5. The molecule has 0 saturated carbocycles. The summed E-state index contributed by atoms with van der Waals surface area (Å²) in [4.78, 5) is 2.18. The van der Waals surface area contributed by atoms with E-state index in [9.17, 15) is 0 Å². The number of nitrogens with zero attached hydrogens (tertiary/aromatic N) is 2. The maximum Gasteiger partial charge on any atom is 0.200 e. The van der Waals surface area contributed by atoms with E-state index in [0.717, 1.165) is 37.2 Å². The second-order valence-electron chi connectivity index (χ2n) is 10.3. The third-order valence-corrected chi connectivity index (χ3v) is 7.79. The molecule has 0 radical (unpaired) electrons. The van der Waals surface area contributed by atoms with Gasteiger partial charge in [-0.05, 0) is 81.3 Å². The van der Waals surface area contributed by atoms with Crippen molar-refractivity contribution in [2.75, 3.05) is 110 Å². The van der Waals surface area contributed by atoms with Crippen LogP contribution in [0.15, 0.2) is 78.4 Å². The predicted molar refractivity (Wildman–Crippen MR) is 189 cm³/mol. The Kier molecular flexibility index (Phi) is 19.0. The third-order valence-electron chi connectivity index (χ3n) is 7.12. The molecule has 10 nitrogen and oxygen atoms in total. The predicted octanol–water partition coefficient (Wildman–Crippen LogP) is 2.51. The number of hydrogen-bond acceptors (Lipinski definition) is 9. The van der Waals surface area contributed by atoms with Crippen LogP contribution in [-0.4, -0.2) is 136 Å². The average molecular weight is 752 g/mol. The number of ether oxygens (including phenoxy) is 4. The van der Waals surface area contributed by atoms with Gasteiger partial charge < -0.3 is 44.3 Å². The van der Waals surface area contributed by atoms with Crippen LogP contribution in [0.2, 0.25) is 0 Å². The van der Waals surface area contributed by atoms with Crippen molar-refractivity contribution >= 4 is 39.6 Å². The van der Waals surface area contributed by atoms with E-state index < -0.39 is 0 Å². The van der Waals surface area contributed by atoms with Crippen LogP contribution in [0.5, 0.6) is 0 Å². The number of benzene rings is 2. The smallest absolute Gasteiger partial charge is 0.200 e. The molecule has 1 aliphatic carbocycles. The maximum atomic E-state index is 9.07. The van der Waals surface area contributed by atoms with E-state index in [0.29, 0.717) is 79.0 Å². The van der Waals surface area contributed by atoms with Crippen molar-refractivity contribution in [1.29, 1.82) is 0 Å². The van der Waals surface area contributed by atoms with Crippen molar-refractivity contribution in [2.24, 2.45) is 0 Å². The second-order valence-corrected chi connectivity index (χ2v) is 11.5. The van der Waals surface area contributed by atoms with Crippen LogP contribution in [-0.2, 0) is 18.9 Å². The molecule has 11 heteroatoms.